The SMILES string of the molecule is CCOC(=O)c1c(-c2ccccc2)csc1NC(=O)CSc1nnc(-c2ccoc2C)n1CC. The number of thioether (sulfide) groups is 1. The highest BCUT2D eigenvalue weighted by atomic mass is 32.2. The largest absolute Gasteiger partial charge is 0.469 e. The number of carbonyl (C=O) groups excluding carboxylic acids is 2. The number of hydrogen-bond donors (Lipinski definition) is 1. The predicted octanol–water partition coefficient (Wildman–Crippen LogP) is 5.50. The molecule has 0 fully saturated rings. The number of carbonyl (C=O) groups is 2. The fourth-order valence-corrected chi connectivity index (χ4v) is 5.25. The molecule has 0 saturated carbocycles. The Hall–Kier alpha value is -3.37. The molecule has 176 valence electrons. The van der Waals surface area contributed by atoms with Crippen molar-refractivity contribution in [2.24, 2.45) is 0 Å². The topological polar surface area (TPSA) is 99.2 Å². The molecule has 0 unspecified atom stereocenters. The van der Waals surface area contributed by atoms with Gasteiger partial charge in [-0.15, -0.1) is 21.5 Å². The Kier molecular flexibility index (Phi) is 7.49. The number of anilines is 1. The van der Waals surface area contributed by atoms with Crippen LogP contribution in [0.5, 0.6) is 0 Å². The molecule has 0 bridgehead atoms. The van der Waals surface area contributed by atoms with Crippen LogP contribution in [0.3, 0.4) is 0 Å². The number of hydrogen-bond acceptors (Lipinski definition) is 8. The molecule has 0 spiro atoms. The minimum Gasteiger partial charge on any atom is -0.469 e. The zero-order chi connectivity index (χ0) is 24.1. The third-order valence-corrected chi connectivity index (χ3v) is 6.94. The summed E-state index contributed by atoms with van der Waals surface area (Å²) in [4.78, 5) is 25.5. The maximum absolute atomic E-state index is 12.8. The van der Waals surface area contributed by atoms with Crippen molar-refractivity contribution >= 4 is 40.0 Å². The number of thiophene rings is 1. The average Bonchev–Trinajstić information content (AvgIpc) is 3.56. The predicted molar refractivity (Wildman–Crippen MR) is 133 cm³/mol. The minimum atomic E-state index is -0.462. The first-order valence-electron chi connectivity index (χ1n) is 10.8. The number of benzene rings is 1. The lowest BCUT2D eigenvalue weighted by Crippen LogP contribution is -2.16. The lowest BCUT2D eigenvalue weighted by atomic mass is 10.0. The molecule has 4 aromatic rings. The highest BCUT2D eigenvalue weighted by Gasteiger charge is 2.23. The van der Waals surface area contributed by atoms with E-state index in [1.807, 2.05) is 60.2 Å². The van der Waals surface area contributed by atoms with E-state index in [1.54, 1.807) is 13.2 Å². The molecule has 0 saturated heterocycles. The van der Waals surface area contributed by atoms with Crippen molar-refractivity contribution in [2.45, 2.75) is 32.5 Å². The van der Waals surface area contributed by atoms with Crippen LogP contribution in [0, 0.1) is 6.92 Å². The van der Waals surface area contributed by atoms with Gasteiger partial charge in [0, 0.05) is 17.5 Å². The summed E-state index contributed by atoms with van der Waals surface area (Å²) in [7, 11) is 0. The lowest BCUT2D eigenvalue weighted by Gasteiger charge is -2.09. The number of rotatable bonds is 9. The number of nitrogens with one attached hydrogen (secondary N) is 1. The molecule has 1 aromatic carbocycles. The number of aromatic nitrogens is 3. The fraction of sp³-hybridized carbons (Fsp3) is 0.250. The molecule has 4 rings (SSSR count). The molecule has 10 heteroatoms. The fourth-order valence-electron chi connectivity index (χ4n) is 3.48. The third kappa shape index (κ3) is 4.92. The number of esters is 1. The van der Waals surface area contributed by atoms with E-state index in [9.17, 15) is 9.59 Å². The highest BCUT2D eigenvalue weighted by molar-refractivity contribution is 7.99. The molecule has 0 aliphatic heterocycles. The second kappa shape index (κ2) is 10.7. The summed E-state index contributed by atoms with van der Waals surface area (Å²) in [5.41, 5.74) is 2.86. The lowest BCUT2D eigenvalue weighted by molar-refractivity contribution is -0.113. The molecule has 3 heterocycles. The van der Waals surface area contributed by atoms with E-state index in [1.165, 1.54) is 23.1 Å². The Balaban J connectivity index is 1.51. The number of aryl methyl sites for hydroxylation is 1. The Morgan fingerprint density at radius 1 is 1.15 bits per heavy atom. The molecule has 34 heavy (non-hydrogen) atoms. The van der Waals surface area contributed by atoms with Crippen LogP contribution in [0.1, 0.15) is 30.0 Å². The smallest absolute Gasteiger partial charge is 0.341 e. The summed E-state index contributed by atoms with van der Waals surface area (Å²) in [6.45, 7) is 6.52. The summed E-state index contributed by atoms with van der Waals surface area (Å²) in [5, 5.41) is 14.4. The van der Waals surface area contributed by atoms with E-state index in [-0.39, 0.29) is 18.3 Å². The average molecular weight is 497 g/mol. The van der Waals surface area contributed by atoms with Crippen molar-refractivity contribution in [1.29, 1.82) is 0 Å². The third-order valence-electron chi connectivity index (χ3n) is 5.07. The van der Waals surface area contributed by atoms with Crippen molar-refractivity contribution in [3.8, 4) is 22.5 Å². The van der Waals surface area contributed by atoms with Crippen molar-refractivity contribution in [1.82, 2.24) is 14.8 Å². The minimum absolute atomic E-state index is 0.114. The standard InChI is InChI=1S/C24H24N4O4S2/c1-4-28-21(17-11-12-32-15(17)3)26-27-24(28)34-14-19(29)25-22-20(23(30)31-5-2)18(13-33-22)16-9-7-6-8-10-16/h6-13H,4-5,14H2,1-3H3,(H,25,29). The van der Waals surface area contributed by atoms with Crippen LogP contribution >= 0.6 is 23.1 Å². The van der Waals surface area contributed by atoms with Gasteiger partial charge in [-0.1, -0.05) is 42.1 Å². The summed E-state index contributed by atoms with van der Waals surface area (Å²) in [6.07, 6.45) is 1.62. The first-order valence-corrected chi connectivity index (χ1v) is 12.6. The van der Waals surface area contributed by atoms with Gasteiger partial charge in [0.1, 0.15) is 16.3 Å². The van der Waals surface area contributed by atoms with Crippen LogP contribution in [0.15, 0.2) is 57.6 Å². The van der Waals surface area contributed by atoms with Gasteiger partial charge in [-0.2, -0.15) is 0 Å². The highest BCUT2D eigenvalue weighted by Crippen LogP contribution is 2.36. The molecule has 0 radical (unpaired) electrons. The van der Waals surface area contributed by atoms with Gasteiger partial charge in [0.15, 0.2) is 11.0 Å². The zero-order valence-corrected chi connectivity index (χ0v) is 20.7. The van der Waals surface area contributed by atoms with Gasteiger partial charge in [-0.05, 0) is 32.4 Å². The van der Waals surface area contributed by atoms with Crippen molar-refractivity contribution in [2.75, 3.05) is 17.7 Å². The van der Waals surface area contributed by atoms with Crippen LogP contribution in [0.4, 0.5) is 5.00 Å². The number of amides is 1. The second-order valence-corrected chi connectivity index (χ2v) is 9.04. The second-order valence-electron chi connectivity index (χ2n) is 7.22. The molecular formula is C24H24N4O4S2. The van der Waals surface area contributed by atoms with E-state index < -0.39 is 5.97 Å². The Morgan fingerprint density at radius 3 is 2.62 bits per heavy atom. The van der Waals surface area contributed by atoms with Gasteiger partial charge in [-0.3, -0.25) is 4.79 Å². The first kappa shape index (κ1) is 23.8. The van der Waals surface area contributed by atoms with E-state index in [0.29, 0.717) is 28.1 Å². The summed E-state index contributed by atoms with van der Waals surface area (Å²) >= 11 is 2.59. The van der Waals surface area contributed by atoms with Gasteiger partial charge >= 0.3 is 5.97 Å². The van der Waals surface area contributed by atoms with E-state index >= 15 is 0 Å². The van der Waals surface area contributed by atoms with E-state index in [4.69, 9.17) is 9.15 Å². The van der Waals surface area contributed by atoms with E-state index in [2.05, 4.69) is 15.5 Å². The molecule has 0 aliphatic carbocycles. The normalized spacial score (nSPS) is 10.9. The van der Waals surface area contributed by atoms with Gasteiger partial charge in [0.25, 0.3) is 0 Å². The van der Waals surface area contributed by atoms with Crippen LogP contribution in [0.2, 0.25) is 0 Å². The Bertz CT molecular complexity index is 1290. The number of nitrogens with zero attached hydrogens (tertiary/aromatic N) is 3. The monoisotopic (exact) mass is 496 g/mol. The van der Waals surface area contributed by atoms with Crippen molar-refractivity contribution in [3.05, 3.63) is 59.4 Å². The molecule has 0 atom stereocenters. The molecular weight excluding hydrogens is 472 g/mol. The van der Waals surface area contributed by atoms with Gasteiger partial charge in [0.2, 0.25) is 5.91 Å². The van der Waals surface area contributed by atoms with Gasteiger partial charge < -0.3 is 19.0 Å². The van der Waals surface area contributed by atoms with Crippen LogP contribution in [-0.4, -0.2) is 39.0 Å². The molecule has 0 aliphatic rings. The van der Waals surface area contributed by atoms with Gasteiger partial charge in [0.05, 0.1) is 24.2 Å². The maximum atomic E-state index is 12.8. The molecule has 1 N–H and O–H groups in total. The van der Waals surface area contributed by atoms with Gasteiger partial charge in [-0.25, -0.2) is 4.79 Å². The molecule has 8 nitrogen and oxygen atoms in total. The van der Waals surface area contributed by atoms with E-state index in [0.717, 1.165) is 22.5 Å². The van der Waals surface area contributed by atoms with Crippen LogP contribution < -0.4 is 5.32 Å². The Labute approximate surface area is 205 Å². The summed E-state index contributed by atoms with van der Waals surface area (Å²) < 4.78 is 12.6. The number of ether oxygens (including phenoxy) is 1. The van der Waals surface area contributed by atoms with Crippen LogP contribution in [-0.2, 0) is 16.1 Å². The zero-order valence-electron chi connectivity index (χ0n) is 19.0. The quantitative estimate of drug-likeness (QED) is 0.241. The molecule has 1 amide bonds. The maximum Gasteiger partial charge on any atom is 0.341 e. The molecule has 3 aromatic heterocycles. The Morgan fingerprint density at radius 2 is 1.94 bits per heavy atom. The summed E-state index contributed by atoms with van der Waals surface area (Å²) in [5.74, 6) is 0.866. The first-order chi connectivity index (χ1) is 16.5. The summed E-state index contributed by atoms with van der Waals surface area (Å²) in [6, 6.07) is 11.4. The van der Waals surface area contributed by atoms with Crippen LogP contribution in [0.25, 0.3) is 22.5 Å². The van der Waals surface area contributed by atoms with Crippen molar-refractivity contribution in [3.63, 3.8) is 0 Å². The van der Waals surface area contributed by atoms with Crippen molar-refractivity contribution < 1.29 is 18.7 Å². The number of furan rings is 1.